The van der Waals surface area contributed by atoms with Gasteiger partial charge in [-0.2, -0.15) is 0 Å². The molecule has 1 unspecified atom stereocenters. The fraction of sp³-hybridized carbons (Fsp3) is 0.391. The maximum Gasteiger partial charge on any atom is 0.253 e. The number of benzene rings is 2. The molecule has 0 heterocycles. The van der Waals surface area contributed by atoms with Crippen molar-refractivity contribution in [3.63, 3.8) is 0 Å². The molecule has 0 radical (unpaired) electrons. The summed E-state index contributed by atoms with van der Waals surface area (Å²) in [5, 5.41) is 6.39. The van der Waals surface area contributed by atoms with E-state index < -0.39 is 0 Å². The summed E-state index contributed by atoms with van der Waals surface area (Å²) in [5.41, 5.74) is 1.72. The van der Waals surface area contributed by atoms with Crippen molar-refractivity contribution >= 4 is 11.9 Å². The Morgan fingerprint density at radius 2 is 1.77 bits per heavy atom. The summed E-state index contributed by atoms with van der Waals surface area (Å²) < 4.78 is 19.3. The second-order valence-corrected chi connectivity index (χ2v) is 6.84. The molecule has 2 aromatic carbocycles. The van der Waals surface area contributed by atoms with Gasteiger partial charge in [-0.25, -0.2) is 4.39 Å². The van der Waals surface area contributed by atoms with Crippen LogP contribution < -0.4 is 15.4 Å². The highest BCUT2D eigenvalue weighted by Crippen LogP contribution is 2.16. The number of rotatable bonds is 9. The first-order chi connectivity index (χ1) is 14.5. The number of carbonyl (C=O) groups excluding carboxylic acids is 1. The molecule has 1 atom stereocenters. The predicted octanol–water partition coefficient (Wildman–Crippen LogP) is 3.44. The third-order valence-electron chi connectivity index (χ3n) is 4.66. The number of guanidine groups is 1. The summed E-state index contributed by atoms with van der Waals surface area (Å²) >= 11 is 0. The van der Waals surface area contributed by atoms with E-state index >= 15 is 0 Å². The maximum absolute atomic E-state index is 13.7. The van der Waals surface area contributed by atoms with Crippen molar-refractivity contribution in [2.45, 2.75) is 33.4 Å². The van der Waals surface area contributed by atoms with Gasteiger partial charge in [0, 0.05) is 32.2 Å². The number of amides is 1. The lowest BCUT2D eigenvalue weighted by Gasteiger charge is -2.19. The minimum Gasteiger partial charge on any atom is -0.486 e. The number of nitrogens with one attached hydrogen (secondary N) is 2. The molecule has 0 aromatic heterocycles. The van der Waals surface area contributed by atoms with Crippen molar-refractivity contribution in [1.29, 1.82) is 0 Å². The van der Waals surface area contributed by atoms with Crippen LogP contribution in [0.3, 0.4) is 0 Å². The van der Waals surface area contributed by atoms with E-state index in [0.29, 0.717) is 37.7 Å². The summed E-state index contributed by atoms with van der Waals surface area (Å²) in [5.74, 6) is 0.506. The average molecular weight is 415 g/mol. The number of ether oxygens (including phenoxy) is 1. The smallest absolute Gasteiger partial charge is 0.253 e. The van der Waals surface area contributed by atoms with Gasteiger partial charge in [-0.1, -0.05) is 24.3 Å². The fourth-order valence-electron chi connectivity index (χ4n) is 2.90. The minimum atomic E-state index is -0.380. The van der Waals surface area contributed by atoms with Gasteiger partial charge in [0.05, 0.1) is 6.54 Å². The van der Waals surface area contributed by atoms with Gasteiger partial charge in [0.15, 0.2) is 17.5 Å². The Morgan fingerprint density at radius 3 is 2.37 bits per heavy atom. The summed E-state index contributed by atoms with van der Waals surface area (Å²) in [6.45, 7) is 8.21. The number of halogens is 1. The van der Waals surface area contributed by atoms with Crippen LogP contribution in [0.25, 0.3) is 0 Å². The number of hydrogen-bond donors (Lipinski definition) is 2. The summed E-state index contributed by atoms with van der Waals surface area (Å²) in [4.78, 5) is 18.4. The van der Waals surface area contributed by atoms with Crippen LogP contribution in [-0.2, 0) is 6.54 Å². The molecule has 1 amide bonds. The SMILES string of the molecule is CCN(CC)C(=O)c1ccc(CNC(=NC)NCC(C)Oc2ccccc2F)cc1. The van der Waals surface area contributed by atoms with E-state index in [1.165, 1.54) is 6.07 Å². The van der Waals surface area contributed by atoms with E-state index in [4.69, 9.17) is 4.74 Å². The molecule has 0 aliphatic carbocycles. The zero-order valence-electron chi connectivity index (χ0n) is 18.1. The van der Waals surface area contributed by atoms with Crippen molar-refractivity contribution in [2.24, 2.45) is 4.99 Å². The Bertz CT molecular complexity index is 835. The average Bonchev–Trinajstić information content (AvgIpc) is 2.76. The molecular formula is C23H31FN4O2. The van der Waals surface area contributed by atoms with E-state index in [0.717, 1.165) is 5.56 Å². The normalized spacial score (nSPS) is 12.2. The van der Waals surface area contributed by atoms with Gasteiger partial charge in [-0.3, -0.25) is 9.79 Å². The van der Waals surface area contributed by atoms with E-state index in [-0.39, 0.29) is 23.6 Å². The molecular weight excluding hydrogens is 383 g/mol. The lowest BCUT2D eigenvalue weighted by atomic mass is 10.1. The molecule has 0 aliphatic rings. The van der Waals surface area contributed by atoms with Gasteiger partial charge in [-0.05, 0) is 50.6 Å². The van der Waals surface area contributed by atoms with Gasteiger partial charge in [0.2, 0.25) is 0 Å². The molecule has 2 aromatic rings. The van der Waals surface area contributed by atoms with E-state index in [2.05, 4.69) is 15.6 Å². The van der Waals surface area contributed by atoms with Gasteiger partial charge < -0.3 is 20.3 Å². The molecule has 0 fully saturated rings. The highest BCUT2D eigenvalue weighted by Gasteiger charge is 2.12. The molecule has 30 heavy (non-hydrogen) atoms. The lowest BCUT2D eigenvalue weighted by molar-refractivity contribution is 0.0773. The molecule has 2 N–H and O–H groups in total. The van der Waals surface area contributed by atoms with Crippen molar-refractivity contribution < 1.29 is 13.9 Å². The number of para-hydroxylation sites is 1. The number of nitrogens with zero attached hydrogens (tertiary/aromatic N) is 2. The first kappa shape index (κ1) is 23.2. The summed E-state index contributed by atoms with van der Waals surface area (Å²) in [6.07, 6.45) is -0.245. The quantitative estimate of drug-likeness (QED) is 0.487. The Kier molecular flexibility index (Phi) is 9.12. The summed E-state index contributed by atoms with van der Waals surface area (Å²) in [7, 11) is 1.68. The molecule has 0 saturated carbocycles. The van der Waals surface area contributed by atoms with Gasteiger partial charge in [0.1, 0.15) is 6.10 Å². The van der Waals surface area contributed by atoms with Gasteiger partial charge in [0.25, 0.3) is 5.91 Å². The Labute approximate surface area is 178 Å². The van der Waals surface area contributed by atoms with Crippen molar-refractivity contribution in [1.82, 2.24) is 15.5 Å². The Morgan fingerprint density at radius 1 is 1.10 bits per heavy atom. The highest BCUT2D eigenvalue weighted by molar-refractivity contribution is 5.94. The van der Waals surface area contributed by atoms with Crippen LogP contribution in [-0.4, -0.2) is 49.6 Å². The van der Waals surface area contributed by atoms with Crippen LogP contribution in [0.4, 0.5) is 4.39 Å². The van der Waals surface area contributed by atoms with E-state index in [9.17, 15) is 9.18 Å². The van der Waals surface area contributed by atoms with E-state index in [1.54, 1.807) is 30.1 Å². The zero-order chi connectivity index (χ0) is 21.9. The van der Waals surface area contributed by atoms with Gasteiger partial charge in [-0.15, -0.1) is 0 Å². The van der Waals surface area contributed by atoms with E-state index in [1.807, 2.05) is 45.0 Å². The van der Waals surface area contributed by atoms with Crippen LogP contribution in [0.5, 0.6) is 5.75 Å². The minimum absolute atomic E-state index is 0.0424. The predicted molar refractivity (Wildman–Crippen MR) is 118 cm³/mol. The second-order valence-electron chi connectivity index (χ2n) is 6.84. The molecule has 2 rings (SSSR count). The number of hydrogen-bond acceptors (Lipinski definition) is 3. The second kappa shape index (κ2) is 11.8. The van der Waals surface area contributed by atoms with Crippen molar-refractivity contribution in [2.75, 3.05) is 26.7 Å². The zero-order valence-corrected chi connectivity index (χ0v) is 18.1. The van der Waals surface area contributed by atoms with Crippen LogP contribution in [0.2, 0.25) is 0 Å². The van der Waals surface area contributed by atoms with Crippen molar-refractivity contribution in [3.05, 3.63) is 65.5 Å². The molecule has 162 valence electrons. The van der Waals surface area contributed by atoms with Crippen LogP contribution in [0, 0.1) is 5.82 Å². The molecule has 0 saturated heterocycles. The Hall–Kier alpha value is -3.09. The Balaban J connectivity index is 1.82. The topological polar surface area (TPSA) is 66.0 Å². The lowest BCUT2D eigenvalue weighted by Crippen LogP contribution is -2.41. The van der Waals surface area contributed by atoms with Crippen LogP contribution in [0.15, 0.2) is 53.5 Å². The van der Waals surface area contributed by atoms with Crippen molar-refractivity contribution in [3.8, 4) is 5.75 Å². The molecule has 7 heteroatoms. The molecule has 6 nitrogen and oxygen atoms in total. The third-order valence-corrected chi connectivity index (χ3v) is 4.66. The number of carbonyl (C=O) groups is 1. The standard InChI is InChI=1S/C23H31FN4O2/c1-5-28(6-2)22(29)19-13-11-18(12-14-19)16-27-23(25-4)26-15-17(3)30-21-10-8-7-9-20(21)24/h7-14,17H,5-6,15-16H2,1-4H3,(H2,25,26,27). The monoisotopic (exact) mass is 414 g/mol. The first-order valence-electron chi connectivity index (χ1n) is 10.2. The highest BCUT2D eigenvalue weighted by atomic mass is 19.1. The first-order valence-corrected chi connectivity index (χ1v) is 10.2. The van der Waals surface area contributed by atoms with Gasteiger partial charge >= 0.3 is 0 Å². The molecule has 0 spiro atoms. The number of aliphatic imine (C=N–C) groups is 1. The molecule has 0 bridgehead atoms. The largest absolute Gasteiger partial charge is 0.486 e. The summed E-state index contributed by atoms with van der Waals surface area (Å²) in [6, 6.07) is 13.9. The van der Waals surface area contributed by atoms with Crippen LogP contribution in [0.1, 0.15) is 36.7 Å². The maximum atomic E-state index is 13.7. The van der Waals surface area contributed by atoms with Crippen LogP contribution >= 0.6 is 0 Å². The fourth-order valence-corrected chi connectivity index (χ4v) is 2.90. The molecule has 0 aliphatic heterocycles. The third kappa shape index (κ3) is 6.76.